The summed E-state index contributed by atoms with van der Waals surface area (Å²) in [6, 6.07) is 4.90. The van der Waals surface area contributed by atoms with Gasteiger partial charge in [0, 0.05) is 50.4 Å². The van der Waals surface area contributed by atoms with Gasteiger partial charge in [0.25, 0.3) is 0 Å². The van der Waals surface area contributed by atoms with E-state index in [1.54, 1.807) is 13.2 Å². The number of halogens is 2. The second-order valence-corrected chi connectivity index (χ2v) is 7.68. The number of hydrogen-bond donors (Lipinski definition) is 3. The fourth-order valence-corrected chi connectivity index (χ4v) is 3.86. The third-order valence-electron chi connectivity index (χ3n) is 5.59. The molecule has 1 aliphatic heterocycles. The monoisotopic (exact) mass is 531 g/mol. The molecule has 1 fully saturated rings. The lowest BCUT2D eigenvalue weighted by atomic mass is 9.97. The summed E-state index contributed by atoms with van der Waals surface area (Å²) >= 11 is 0. The lowest BCUT2D eigenvalue weighted by molar-refractivity contribution is 0.121. The zero-order chi connectivity index (χ0) is 20.5. The van der Waals surface area contributed by atoms with Crippen LogP contribution in [-0.4, -0.2) is 68.8 Å². The Bertz CT molecular complexity index is 789. The summed E-state index contributed by atoms with van der Waals surface area (Å²) in [5.74, 6) is 1.31. The van der Waals surface area contributed by atoms with Crippen molar-refractivity contribution in [1.82, 2.24) is 20.5 Å². The molecule has 168 valence electrons. The summed E-state index contributed by atoms with van der Waals surface area (Å²) in [6.45, 7) is 8.67. The Morgan fingerprint density at radius 2 is 2.10 bits per heavy atom. The van der Waals surface area contributed by atoms with Gasteiger partial charge < -0.3 is 25.3 Å². The molecule has 2 heterocycles. The van der Waals surface area contributed by atoms with Crippen molar-refractivity contribution < 1.29 is 9.13 Å². The number of H-pyrrole nitrogens is 1. The van der Waals surface area contributed by atoms with Crippen molar-refractivity contribution in [3.63, 3.8) is 0 Å². The number of ether oxygens (including phenoxy) is 1. The molecule has 0 amide bonds. The van der Waals surface area contributed by atoms with Crippen molar-refractivity contribution in [3.8, 4) is 0 Å². The molecule has 3 N–H and O–H groups in total. The van der Waals surface area contributed by atoms with Crippen molar-refractivity contribution in [2.45, 2.75) is 26.2 Å². The van der Waals surface area contributed by atoms with E-state index in [0.717, 1.165) is 69.2 Å². The molecule has 0 atom stereocenters. The summed E-state index contributed by atoms with van der Waals surface area (Å²) in [5, 5.41) is 7.85. The minimum atomic E-state index is -0.213. The first-order chi connectivity index (χ1) is 14.2. The van der Waals surface area contributed by atoms with E-state index in [-0.39, 0.29) is 29.8 Å². The fourth-order valence-electron chi connectivity index (χ4n) is 3.86. The Labute approximate surface area is 196 Å². The van der Waals surface area contributed by atoms with E-state index in [4.69, 9.17) is 9.73 Å². The van der Waals surface area contributed by atoms with Crippen LogP contribution in [0.2, 0.25) is 0 Å². The Balaban J connectivity index is 0.00000320. The highest BCUT2D eigenvalue weighted by Gasteiger charge is 2.18. The first kappa shape index (κ1) is 24.9. The number of nitrogens with one attached hydrogen (secondary N) is 3. The Kier molecular flexibility index (Phi) is 10.9. The molecule has 0 radical (unpaired) electrons. The van der Waals surface area contributed by atoms with Crippen molar-refractivity contribution in [2.24, 2.45) is 10.9 Å². The van der Waals surface area contributed by atoms with Crippen molar-refractivity contribution in [3.05, 3.63) is 35.8 Å². The number of methoxy groups -OCH3 is 1. The highest BCUT2D eigenvalue weighted by Crippen LogP contribution is 2.19. The van der Waals surface area contributed by atoms with E-state index < -0.39 is 0 Å². The largest absolute Gasteiger partial charge is 0.383 e. The van der Waals surface area contributed by atoms with E-state index in [1.165, 1.54) is 24.5 Å². The Morgan fingerprint density at radius 1 is 1.30 bits per heavy atom. The number of aromatic nitrogens is 1. The molecule has 0 aliphatic carbocycles. The summed E-state index contributed by atoms with van der Waals surface area (Å²) in [5.41, 5.74) is 2.03. The average molecular weight is 531 g/mol. The number of benzene rings is 1. The predicted molar refractivity (Wildman–Crippen MR) is 132 cm³/mol. The van der Waals surface area contributed by atoms with Crippen LogP contribution in [0, 0.1) is 11.7 Å². The summed E-state index contributed by atoms with van der Waals surface area (Å²) in [7, 11) is 1.76. The van der Waals surface area contributed by atoms with Crippen LogP contribution in [-0.2, 0) is 11.2 Å². The van der Waals surface area contributed by atoms with Gasteiger partial charge in [-0.3, -0.25) is 4.99 Å². The van der Waals surface area contributed by atoms with E-state index in [0.29, 0.717) is 5.92 Å². The lowest BCUT2D eigenvalue weighted by Gasteiger charge is -2.31. The molecule has 6 nitrogen and oxygen atoms in total. The van der Waals surface area contributed by atoms with Gasteiger partial charge in [-0.25, -0.2) is 4.39 Å². The third kappa shape index (κ3) is 7.39. The van der Waals surface area contributed by atoms with Crippen LogP contribution in [0.15, 0.2) is 29.4 Å². The SMILES string of the molecule is CCNC(=NCC1CCN(CCOC)CC1)NCCc1c[nH]c2cc(F)ccc12.I. The highest BCUT2D eigenvalue weighted by atomic mass is 127. The molecule has 0 spiro atoms. The zero-order valence-corrected chi connectivity index (χ0v) is 20.4. The summed E-state index contributed by atoms with van der Waals surface area (Å²) < 4.78 is 18.5. The predicted octanol–water partition coefficient (Wildman–Crippen LogP) is 3.38. The van der Waals surface area contributed by atoms with E-state index >= 15 is 0 Å². The van der Waals surface area contributed by atoms with Gasteiger partial charge in [-0.05, 0) is 69.0 Å². The van der Waals surface area contributed by atoms with Crippen molar-refractivity contribution >= 4 is 40.8 Å². The molecule has 1 aliphatic rings. The maximum absolute atomic E-state index is 13.3. The van der Waals surface area contributed by atoms with E-state index in [2.05, 4.69) is 27.4 Å². The second kappa shape index (κ2) is 13.1. The molecule has 1 aromatic heterocycles. The number of aromatic amines is 1. The molecule has 0 bridgehead atoms. The van der Waals surface area contributed by atoms with Gasteiger partial charge in [0.05, 0.1) is 6.61 Å². The maximum Gasteiger partial charge on any atom is 0.191 e. The fraction of sp³-hybridized carbons (Fsp3) is 0.591. The highest BCUT2D eigenvalue weighted by molar-refractivity contribution is 14.0. The molecule has 30 heavy (non-hydrogen) atoms. The number of hydrogen-bond acceptors (Lipinski definition) is 3. The van der Waals surface area contributed by atoms with Crippen molar-refractivity contribution in [1.29, 1.82) is 0 Å². The number of fused-ring (bicyclic) bond motifs is 1. The molecule has 0 unspecified atom stereocenters. The molecule has 8 heteroatoms. The van der Waals surface area contributed by atoms with Crippen LogP contribution in [0.5, 0.6) is 0 Å². The van der Waals surface area contributed by atoms with Crippen LogP contribution in [0.4, 0.5) is 4.39 Å². The number of piperidine rings is 1. The van der Waals surface area contributed by atoms with E-state index in [9.17, 15) is 4.39 Å². The van der Waals surface area contributed by atoms with Crippen LogP contribution in [0.25, 0.3) is 10.9 Å². The molecule has 2 aromatic rings. The average Bonchev–Trinajstić information content (AvgIpc) is 3.13. The van der Waals surface area contributed by atoms with Gasteiger partial charge in [-0.15, -0.1) is 24.0 Å². The third-order valence-corrected chi connectivity index (χ3v) is 5.59. The van der Waals surface area contributed by atoms with E-state index in [1.807, 2.05) is 12.3 Å². The number of nitrogens with zero attached hydrogens (tertiary/aromatic N) is 2. The minimum absolute atomic E-state index is 0. The van der Waals surface area contributed by atoms with Gasteiger partial charge in [0.15, 0.2) is 5.96 Å². The van der Waals surface area contributed by atoms with Crippen LogP contribution in [0.3, 0.4) is 0 Å². The Morgan fingerprint density at radius 3 is 2.83 bits per heavy atom. The maximum atomic E-state index is 13.3. The number of likely N-dealkylation sites (tertiary alicyclic amines) is 1. The van der Waals surface area contributed by atoms with Crippen molar-refractivity contribution in [2.75, 3.05) is 53.0 Å². The molecule has 1 aromatic carbocycles. The van der Waals surface area contributed by atoms with Crippen LogP contribution < -0.4 is 10.6 Å². The topological polar surface area (TPSA) is 64.7 Å². The van der Waals surface area contributed by atoms with Crippen LogP contribution in [0.1, 0.15) is 25.3 Å². The first-order valence-corrected chi connectivity index (χ1v) is 10.7. The molecule has 0 saturated carbocycles. The quantitative estimate of drug-likeness (QED) is 0.264. The first-order valence-electron chi connectivity index (χ1n) is 10.7. The smallest absolute Gasteiger partial charge is 0.191 e. The van der Waals surface area contributed by atoms with Gasteiger partial charge >= 0.3 is 0 Å². The summed E-state index contributed by atoms with van der Waals surface area (Å²) in [6.07, 6.45) is 5.21. The second-order valence-electron chi connectivity index (χ2n) is 7.68. The Hall–Kier alpha value is -1.39. The number of guanidine groups is 1. The molecular weight excluding hydrogens is 496 g/mol. The lowest BCUT2D eigenvalue weighted by Crippen LogP contribution is -2.40. The molecule has 3 rings (SSSR count). The van der Waals surface area contributed by atoms with Gasteiger partial charge in [-0.2, -0.15) is 0 Å². The molecular formula is C22H35FIN5O. The molecule has 1 saturated heterocycles. The number of aliphatic imine (C=N–C) groups is 1. The number of rotatable bonds is 9. The standard InChI is InChI=1S/C22H34FN5O.HI/c1-3-24-22(27-15-17-7-10-28(11-8-17)12-13-29-2)25-9-6-18-16-26-21-14-19(23)4-5-20(18)21;/h4-5,14,16-17,26H,3,6-13,15H2,1-2H3,(H2,24,25,27);1H. The zero-order valence-electron chi connectivity index (χ0n) is 18.0. The minimum Gasteiger partial charge on any atom is -0.383 e. The van der Waals surface area contributed by atoms with Gasteiger partial charge in [0.1, 0.15) is 5.82 Å². The van der Waals surface area contributed by atoms with Gasteiger partial charge in [0.2, 0.25) is 0 Å². The van der Waals surface area contributed by atoms with Crippen LogP contribution >= 0.6 is 24.0 Å². The van der Waals surface area contributed by atoms with Gasteiger partial charge in [-0.1, -0.05) is 0 Å². The normalized spacial score (nSPS) is 15.9. The summed E-state index contributed by atoms with van der Waals surface area (Å²) in [4.78, 5) is 10.4.